The molecule has 0 atom stereocenters. The topological polar surface area (TPSA) is 75.0 Å². The Hall–Kier alpha value is -3.43. The van der Waals surface area contributed by atoms with Crippen LogP contribution in [0.1, 0.15) is 11.1 Å². The Morgan fingerprint density at radius 1 is 0.879 bits per heavy atom. The number of aromatic nitrogens is 1. The van der Waals surface area contributed by atoms with Crippen LogP contribution >= 0.6 is 11.3 Å². The fourth-order valence-electron chi connectivity index (χ4n) is 3.26. The van der Waals surface area contributed by atoms with Gasteiger partial charge in [-0.25, -0.2) is 4.57 Å². The number of hydrogen-bond donors (Lipinski definition) is 0. The van der Waals surface area contributed by atoms with Crippen LogP contribution in [0.25, 0.3) is 0 Å². The summed E-state index contributed by atoms with van der Waals surface area (Å²) < 4.78 is 1.60. The third-order valence-electron chi connectivity index (χ3n) is 4.88. The molecule has 0 saturated heterocycles. The third-order valence-corrected chi connectivity index (χ3v) is 5.90. The molecule has 0 amide bonds. The molecule has 0 aliphatic rings. The number of rotatable bonds is 8. The van der Waals surface area contributed by atoms with Crippen molar-refractivity contribution in [2.75, 3.05) is 4.90 Å². The van der Waals surface area contributed by atoms with Crippen molar-refractivity contribution >= 4 is 32.8 Å². The first-order valence-electron chi connectivity index (χ1n) is 10.1. The molecule has 0 N–H and O–H groups in total. The van der Waals surface area contributed by atoms with Gasteiger partial charge in [0.25, 0.3) is 0 Å². The average Bonchev–Trinajstić information content (AvgIpc) is 3.20. The normalized spacial score (nSPS) is 10.7. The van der Waals surface area contributed by atoms with Crippen LogP contribution in [0.15, 0.2) is 101 Å². The second-order valence-corrected chi connectivity index (χ2v) is 8.25. The lowest BCUT2D eigenvalue weighted by Gasteiger charge is -2.25. The van der Waals surface area contributed by atoms with Gasteiger partial charge < -0.3 is 21.9 Å². The van der Waals surface area contributed by atoms with E-state index in [1.54, 1.807) is 11.6 Å². The highest BCUT2D eigenvalue weighted by Crippen LogP contribution is 2.28. The van der Waals surface area contributed by atoms with Crippen LogP contribution in [-0.4, -0.2) is 4.92 Å². The maximum absolute atomic E-state index is 10.9. The molecule has 0 aliphatic heterocycles. The second kappa shape index (κ2) is 11.4. The minimum atomic E-state index is -0.424. The van der Waals surface area contributed by atoms with Crippen LogP contribution in [0.5, 0.6) is 0 Å². The van der Waals surface area contributed by atoms with E-state index in [-0.39, 0.29) is 22.0 Å². The van der Waals surface area contributed by atoms with Gasteiger partial charge in [0.15, 0.2) is 6.20 Å². The van der Waals surface area contributed by atoms with Crippen LogP contribution in [0, 0.1) is 10.1 Å². The number of anilines is 1. The highest BCUT2D eigenvalue weighted by atomic mass is 79.9. The SMILES string of the molecule is C[n+]1cc([N+](=O)[O-])sc1N=Nc1ccc(N(Cc2ccccc2)Cc2ccccc2)cc1.[Br-]. The number of nitrogens with zero attached hydrogens (tertiary/aromatic N) is 5. The zero-order chi connectivity index (χ0) is 22.3. The summed E-state index contributed by atoms with van der Waals surface area (Å²) in [4.78, 5) is 12.8. The summed E-state index contributed by atoms with van der Waals surface area (Å²) in [7, 11) is 1.71. The summed E-state index contributed by atoms with van der Waals surface area (Å²) in [5, 5.41) is 19.9. The molecule has 3 aromatic carbocycles. The van der Waals surface area contributed by atoms with Crippen molar-refractivity contribution in [2.45, 2.75) is 13.1 Å². The predicted molar refractivity (Wildman–Crippen MR) is 126 cm³/mol. The van der Waals surface area contributed by atoms with Gasteiger partial charge in [-0.05, 0) is 40.5 Å². The lowest BCUT2D eigenvalue weighted by Crippen LogP contribution is -3.00. The Bertz CT molecular complexity index is 1170. The van der Waals surface area contributed by atoms with Crippen molar-refractivity contribution in [1.29, 1.82) is 0 Å². The number of nitro groups is 1. The molecule has 0 fully saturated rings. The van der Waals surface area contributed by atoms with Gasteiger partial charge in [0.05, 0.1) is 17.1 Å². The summed E-state index contributed by atoms with van der Waals surface area (Å²) in [6.45, 7) is 1.57. The number of halogens is 1. The Balaban J connectivity index is 0.00000306. The van der Waals surface area contributed by atoms with E-state index in [0.717, 1.165) is 30.1 Å². The smallest absolute Gasteiger partial charge is 0.414 e. The summed E-state index contributed by atoms with van der Waals surface area (Å²) in [5.74, 6) is 0. The first-order chi connectivity index (χ1) is 15.6. The van der Waals surface area contributed by atoms with E-state index in [1.165, 1.54) is 17.3 Å². The fourth-order valence-corrected chi connectivity index (χ4v) is 4.02. The van der Waals surface area contributed by atoms with E-state index in [4.69, 9.17) is 0 Å². The molecule has 7 nitrogen and oxygen atoms in total. The molecule has 9 heteroatoms. The fraction of sp³-hybridized carbons (Fsp3) is 0.125. The molecule has 4 rings (SSSR count). The zero-order valence-electron chi connectivity index (χ0n) is 17.9. The summed E-state index contributed by atoms with van der Waals surface area (Å²) >= 11 is 0.993. The molecule has 0 unspecified atom stereocenters. The van der Waals surface area contributed by atoms with Gasteiger partial charge in [-0.15, -0.1) is 0 Å². The van der Waals surface area contributed by atoms with E-state index in [9.17, 15) is 10.1 Å². The summed E-state index contributed by atoms with van der Waals surface area (Å²) in [6.07, 6.45) is 1.44. The average molecular weight is 524 g/mol. The van der Waals surface area contributed by atoms with E-state index in [2.05, 4.69) is 63.7 Å². The molecule has 0 aliphatic carbocycles. The van der Waals surface area contributed by atoms with Gasteiger partial charge in [0, 0.05) is 30.1 Å². The standard InChI is InChI=1S/C24H22N5O2S.BrH/c1-27-18-23(29(30)31)32-24(27)26-25-21-12-14-22(15-13-21)28(16-19-8-4-2-5-9-19)17-20-10-6-3-7-11-20;/h2-15,18H,16-17H2,1H3;1H/q+1;/p-1. The van der Waals surface area contributed by atoms with Crippen molar-refractivity contribution in [2.24, 2.45) is 17.3 Å². The minimum Gasteiger partial charge on any atom is -1.00 e. The first-order valence-corrected chi connectivity index (χ1v) is 10.9. The van der Waals surface area contributed by atoms with Crippen LogP contribution < -0.4 is 26.4 Å². The van der Waals surface area contributed by atoms with Crippen molar-refractivity contribution in [3.63, 3.8) is 0 Å². The Morgan fingerprint density at radius 3 is 1.91 bits per heavy atom. The number of thiazole rings is 1. The monoisotopic (exact) mass is 523 g/mol. The molecule has 0 saturated carbocycles. The van der Waals surface area contributed by atoms with Crippen molar-refractivity contribution in [1.82, 2.24) is 0 Å². The van der Waals surface area contributed by atoms with E-state index in [0.29, 0.717) is 10.8 Å². The van der Waals surface area contributed by atoms with E-state index < -0.39 is 4.92 Å². The number of hydrogen-bond acceptors (Lipinski definition) is 6. The quantitative estimate of drug-likeness (QED) is 0.154. The van der Waals surface area contributed by atoms with Crippen molar-refractivity contribution in [3.05, 3.63) is 112 Å². The van der Waals surface area contributed by atoms with Gasteiger partial charge in [-0.3, -0.25) is 10.1 Å². The second-order valence-electron chi connectivity index (χ2n) is 7.26. The molecule has 0 spiro atoms. The summed E-state index contributed by atoms with van der Waals surface area (Å²) in [5.41, 5.74) is 4.23. The van der Waals surface area contributed by atoms with Crippen molar-refractivity contribution < 1.29 is 26.5 Å². The van der Waals surface area contributed by atoms with Crippen LogP contribution in [0.2, 0.25) is 0 Å². The molecular formula is C24H22BrN5O2S. The van der Waals surface area contributed by atoms with Gasteiger partial charge in [-0.2, -0.15) is 0 Å². The molecule has 33 heavy (non-hydrogen) atoms. The number of benzene rings is 3. The highest BCUT2D eigenvalue weighted by molar-refractivity contribution is 7.17. The molecule has 4 aromatic rings. The summed E-state index contributed by atoms with van der Waals surface area (Å²) in [6, 6.07) is 28.6. The lowest BCUT2D eigenvalue weighted by molar-refractivity contribution is -0.656. The molecule has 168 valence electrons. The minimum absolute atomic E-state index is 0. The van der Waals surface area contributed by atoms with E-state index in [1.807, 2.05) is 36.4 Å². The largest absolute Gasteiger partial charge is 1.00 e. The maximum atomic E-state index is 10.9. The van der Waals surface area contributed by atoms with Crippen molar-refractivity contribution in [3.8, 4) is 0 Å². The van der Waals surface area contributed by atoms with Gasteiger partial charge in [-0.1, -0.05) is 60.7 Å². The molecule has 0 radical (unpaired) electrons. The third kappa shape index (κ3) is 6.53. The molecule has 1 heterocycles. The molecular weight excluding hydrogens is 502 g/mol. The first kappa shape index (κ1) is 24.2. The van der Waals surface area contributed by atoms with Crippen LogP contribution in [-0.2, 0) is 20.1 Å². The zero-order valence-corrected chi connectivity index (χ0v) is 20.3. The predicted octanol–water partition coefficient (Wildman–Crippen LogP) is 3.11. The Labute approximate surface area is 206 Å². The van der Waals surface area contributed by atoms with Gasteiger partial charge in [0.2, 0.25) is 0 Å². The Morgan fingerprint density at radius 2 is 1.42 bits per heavy atom. The molecule has 1 aromatic heterocycles. The van der Waals surface area contributed by atoms with Gasteiger partial charge >= 0.3 is 10.1 Å². The molecule has 0 bridgehead atoms. The van der Waals surface area contributed by atoms with E-state index >= 15 is 0 Å². The Kier molecular flexibility index (Phi) is 8.39. The lowest BCUT2D eigenvalue weighted by atomic mass is 10.1. The van der Waals surface area contributed by atoms with Crippen LogP contribution in [0.3, 0.4) is 0 Å². The van der Waals surface area contributed by atoms with Crippen LogP contribution in [0.4, 0.5) is 21.5 Å². The maximum Gasteiger partial charge on any atom is 0.414 e. The highest BCUT2D eigenvalue weighted by Gasteiger charge is 2.21. The van der Waals surface area contributed by atoms with Gasteiger partial charge in [0.1, 0.15) is 5.69 Å². The number of azo groups is 1. The number of aryl methyl sites for hydroxylation is 1.